The molecule has 0 unspecified atom stereocenters. The molecule has 0 bridgehead atoms. The van der Waals surface area contributed by atoms with E-state index >= 15 is 4.39 Å². The number of hydrogen-bond donors (Lipinski definition) is 1. The van der Waals surface area contributed by atoms with Gasteiger partial charge in [-0.3, -0.25) is 4.79 Å². The molecule has 1 heterocycles. The van der Waals surface area contributed by atoms with Crippen molar-refractivity contribution in [1.82, 2.24) is 5.32 Å². The molecule has 0 aliphatic heterocycles. The number of halogens is 4. The van der Waals surface area contributed by atoms with Gasteiger partial charge in [-0.2, -0.15) is 13.2 Å². The molecule has 1 saturated carbocycles. The Morgan fingerprint density at radius 1 is 1.19 bits per heavy atom. The Kier molecular flexibility index (Phi) is 8.05. The van der Waals surface area contributed by atoms with Gasteiger partial charge >= 0.3 is 6.18 Å². The molecule has 3 rings (SSSR count). The van der Waals surface area contributed by atoms with Crippen molar-refractivity contribution in [3.8, 4) is 0 Å². The normalized spacial score (nSPS) is 22.1. The molecule has 1 aromatic heterocycles. The number of nitrogens with one attached hydrogen (secondary N) is 1. The second-order valence-electron chi connectivity index (χ2n) is 10.2. The second-order valence-corrected chi connectivity index (χ2v) is 13.7. The van der Waals surface area contributed by atoms with Gasteiger partial charge in [0, 0.05) is 6.04 Å². The SMILES string of the molecule is CC(C)(C)S(=O)(=O)c1ccsc1C(=O)N[C@H]1CC[C@@](F)([C@@H](C=O)Cc2cccc(C(F)(F)F)c2)CC1. The molecule has 198 valence electrons. The number of rotatable bonds is 7. The van der Waals surface area contributed by atoms with Crippen LogP contribution in [0.2, 0.25) is 0 Å². The monoisotopic (exact) mass is 547 g/mol. The molecule has 36 heavy (non-hydrogen) atoms. The Morgan fingerprint density at radius 3 is 2.39 bits per heavy atom. The minimum absolute atomic E-state index is 0.0461. The van der Waals surface area contributed by atoms with Crippen LogP contribution in [0.3, 0.4) is 0 Å². The fourth-order valence-electron chi connectivity index (χ4n) is 4.35. The van der Waals surface area contributed by atoms with Gasteiger partial charge in [0.2, 0.25) is 0 Å². The van der Waals surface area contributed by atoms with Crippen LogP contribution in [0.25, 0.3) is 0 Å². The first-order chi connectivity index (χ1) is 16.6. The first-order valence-electron chi connectivity index (χ1n) is 11.5. The maximum atomic E-state index is 15.7. The zero-order valence-electron chi connectivity index (χ0n) is 20.2. The van der Waals surface area contributed by atoms with Crippen LogP contribution in [-0.4, -0.2) is 37.1 Å². The Morgan fingerprint density at radius 2 is 1.83 bits per heavy atom. The molecule has 1 aromatic carbocycles. The fraction of sp³-hybridized carbons (Fsp3) is 0.520. The molecule has 11 heteroatoms. The number of thiophene rings is 1. The molecular weight excluding hydrogens is 518 g/mol. The highest BCUT2D eigenvalue weighted by Crippen LogP contribution is 2.40. The van der Waals surface area contributed by atoms with Crippen LogP contribution in [0, 0.1) is 5.92 Å². The highest BCUT2D eigenvalue weighted by atomic mass is 32.2. The van der Waals surface area contributed by atoms with E-state index in [1.807, 2.05) is 0 Å². The Hall–Kier alpha value is -2.27. The molecule has 1 N–H and O–H groups in total. The topological polar surface area (TPSA) is 80.3 Å². The molecule has 1 aliphatic rings. The summed E-state index contributed by atoms with van der Waals surface area (Å²) in [5, 5.41) is 4.31. The number of alkyl halides is 4. The third-order valence-electron chi connectivity index (χ3n) is 6.62. The minimum atomic E-state index is -4.54. The van der Waals surface area contributed by atoms with E-state index in [0.29, 0.717) is 6.29 Å². The highest BCUT2D eigenvalue weighted by Gasteiger charge is 2.43. The van der Waals surface area contributed by atoms with Gasteiger partial charge in [0.05, 0.1) is 21.1 Å². The van der Waals surface area contributed by atoms with Gasteiger partial charge in [0.1, 0.15) is 16.8 Å². The zero-order chi connectivity index (χ0) is 26.9. The van der Waals surface area contributed by atoms with Crippen molar-refractivity contribution in [1.29, 1.82) is 0 Å². The summed E-state index contributed by atoms with van der Waals surface area (Å²) >= 11 is 1.01. The molecule has 2 aromatic rings. The largest absolute Gasteiger partial charge is 0.416 e. The van der Waals surface area contributed by atoms with Crippen molar-refractivity contribution >= 4 is 33.4 Å². The number of benzene rings is 1. The molecule has 0 radical (unpaired) electrons. The van der Waals surface area contributed by atoms with Gasteiger partial charge in [-0.15, -0.1) is 11.3 Å². The van der Waals surface area contributed by atoms with E-state index in [9.17, 15) is 31.2 Å². The summed E-state index contributed by atoms with van der Waals surface area (Å²) in [6.07, 6.45) is -3.94. The van der Waals surface area contributed by atoms with E-state index < -0.39 is 49.9 Å². The number of hydrogen-bond acceptors (Lipinski definition) is 5. The molecule has 0 saturated heterocycles. The maximum Gasteiger partial charge on any atom is 0.416 e. The third kappa shape index (κ3) is 5.99. The van der Waals surface area contributed by atoms with Crippen LogP contribution in [0.4, 0.5) is 17.6 Å². The number of amides is 1. The molecular formula is C25H29F4NO4S2. The Labute approximate surface area is 212 Å². The first kappa shape index (κ1) is 28.3. The quantitative estimate of drug-likeness (QED) is 0.352. The highest BCUT2D eigenvalue weighted by molar-refractivity contribution is 7.93. The number of aldehydes is 1. The predicted molar refractivity (Wildman–Crippen MR) is 130 cm³/mol. The first-order valence-corrected chi connectivity index (χ1v) is 13.9. The zero-order valence-corrected chi connectivity index (χ0v) is 21.8. The van der Waals surface area contributed by atoms with Crippen LogP contribution >= 0.6 is 11.3 Å². The van der Waals surface area contributed by atoms with Crippen molar-refractivity contribution in [2.75, 3.05) is 0 Å². The number of carbonyl (C=O) groups excluding carboxylic acids is 2. The van der Waals surface area contributed by atoms with E-state index in [0.717, 1.165) is 23.5 Å². The lowest BCUT2D eigenvalue weighted by atomic mass is 9.74. The minimum Gasteiger partial charge on any atom is -0.349 e. The molecule has 1 aliphatic carbocycles. The molecule has 1 fully saturated rings. The lowest BCUT2D eigenvalue weighted by molar-refractivity contribution is -0.137. The van der Waals surface area contributed by atoms with Gasteiger partial charge < -0.3 is 10.1 Å². The fourth-order valence-corrected chi connectivity index (χ4v) is 6.84. The lowest BCUT2D eigenvalue weighted by Crippen LogP contribution is -2.45. The summed E-state index contributed by atoms with van der Waals surface area (Å²) in [4.78, 5) is 24.6. The van der Waals surface area contributed by atoms with E-state index in [2.05, 4.69) is 5.32 Å². The smallest absolute Gasteiger partial charge is 0.349 e. The van der Waals surface area contributed by atoms with Crippen molar-refractivity contribution in [3.05, 3.63) is 51.7 Å². The maximum absolute atomic E-state index is 15.7. The number of carbonyl (C=O) groups is 2. The van der Waals surface area contributed by atoms with Crippen molar-refractivity contribution in [2.24, 2.45) is 5.92 Å². The van der Waals surface area contributed by atoms with Crippen molar-refractivity contribution in [2.45, 2.75) is 80.4 Å². The van der Waals surface area contributed by atoms with Gasteiger partial charge in [-0.1, -0.05) is 18.2 Å². The van der Waals surface area contributed by atoms with Crippen LogP contribution in [-0.2, 0) is 27.2 Å². The lowest BCUT2D eigenvalue weighted by Gasteiger charge is -2.37. The van der Waals surface area contributed by atoms with E-state index in [1.54, 1.807) is 20.8 Å². The van der Waals surface area contributed by atoms with Gasteiger partial charge in [-0.25, -0.2) is 12.8 Å². The molecule has 0 spiro atoms. The van der Waals surface area contributed by atoms with Crippen LogP contribution in [0.15, 0.2) is 40.6 Å². The van der Waals surface area contributed by atoms with Gasteiger partial charge in [-0.05, 0) is 76.0 Å². The van der Waals surface area contributed by atoms with Crippen molar-refractivity contribution in [3.63, 3.8) is 0 Å². The summed E-state index contributed by atoms with van der Waals surface area (Å²) < 4.78 is 79.3. The average molecular weight is 548 g/mol. The Balaban J connectivity index is 1.66. The average Bonchev–Trinajstić information content (AvgIpc) is 3.29. The molecule has 1 atom stereocenters. The van der Waals surface area contributed by atoms with Crippen LogP contribution in [0.1, 0.15) is 67.3 Å². The Bertz CT molecular complexity index is 1210. The van der Waals surface area contributed by atoms with Gasteiger partial charge in [0.15, 0.2) is 9.84 Å². The summed E-state index contributed by atoms with van der Waals surface area (Å²) in [6.45, 7) is 4.64. The van der Waals surface area contributed by atoms with Crippen LogP contribution in [0.5, 0.6) is 0 Å². The summed E-state index contributed by atoms with van der Waals surface area (Å²) in [5.41, 5.74) is -2.55. The summed E-state index contributed by atoms with van der Waals surface area (Å²) in [7, 11) is -3.74. The van der Waals surface area contributed by atoms with Crippen LogP contribution < -0.4 is 5.32 Å². The predicted octanol–water partition coefficient (Wildman–Crippen LogP) is 5.78. The standard InChI is InChI=1S/C25H29F4NO4S2/c1-23(2,3)36(33,34)20-9-12-35-21(20)22(32)30-19-7-10-24(26,11-8-19)18(15-31)14-16-5-4-6-17(13-16)25(27,28)29/h4-6,9,12-13,15,18-19H,7-8,10-11,14H2,1-3H3,(H,30,32)/t18-,19-,24-/m1/s1. The summed E-state index contributed by atoms with van der Waals surface area (Å²) in [5.74, 6) is -1.68. The molecule has 1 amide bonds. The van der Waals surface area contributed by atoms with Gasteiger partial charge in [0.25, 0.3) is 5.91 Å². The third-order valence-corrected chi connectivity index (χ3v) is 10.2. The van der Waals surface area contributed by atoms with E-state index in [1.165, 1.54) is 23.6 Å². The summed E-state index contributed by atoms with van der Waals surface area (Å²) in [6, 6.07) is 5.49. The van der Waals surface area contributed by atoms with E-state index in [-0.39, 0.29) is 47.4 Å². The molecule has 5 nitrogen and oxygen atoms in total. The number of sulfone groups is 1. The van der Waals surface area contributed by atoms with E-state index in [4.69, 9.17) is 0 Å². The second kappa shape index (κ2) is 10.2. The van der Waals surface area contributed by atoms with Crippen molar-refractivity contribution < 1.29 is 35.6 Å².